The van der Waals surface area contributed by atoms with E-state index in [1.807, 2.05) is 19.9 Å². The van der Waals surface area contributed by atoms with E-state index in [9.17, 15) is 14.4 Å². The van der Waals surface area contributed by atoms with Gasteiger partial charge in [-0.2, -0.15) is 0 Å². The van der Waals surface area contributed by atoms with Crippen LogP contribution in [0, 0.1) is 13.8 Å². The number of ether oxygens (including phenoxy) is 1. The zero-order valence-electron chi connectivity index (χ0n) is 13.9. The fourth-order valence-corrected chi connectivity index (χ4v) is 3.59. The Labute approximate surface area is 139 Å². The molecule has 0 N–H and O–H groups in total. The second kappa shape index (κ2) is 6.62. The lowest BCUT2D eigenvalue weighted by molar-refractivity contribution is -0.148. The Balaban J connectivity index is 2.34. The van der Waals surface area contributed by atoms with E-state index >= 15 is 0 Å². The Hall–Kier alpha value is -2.02. The van der Waals surface area contributed by atoms with Gasteiger partial charge < -0.3 is 9.30 Å². The Kier molecular flexibility index (Phi) is 4.99. The highest BCUT2D eigenvalue weighted by Crippen LogP contribution is 2.34. The summed E-state index contributed by atoms with van der Waals surface area (Å²) >= 11 is 0.846. The van der Waals surface area contributed by atoms with Gasteiger partial charge in [0.2, 0.25) is 0 Å². The van der Waals surface area contributed by atoms with Crippen molar-refractivity contribution in [2.45, 2.75) is 40.3 Å². The lowest BCUT2D eigenvalue weighted by Gasteiger charge is -2.18. The number of aromatic nitrogens is 1. The first-order valence-electron chi connectivity index (χ1n) is 7.33. The average molecular weight is 336 g/mol. The van der Waals surface area contributed by atoms with Crippen LogP contribution in [-0.2, 0) is 20.9 Å². The standard InChI is InChI=1S/C16H20N2O4S/c1-6-17-9(2)7-12(10(17)3)8-13-14(19)18(16(21)23-13)11(4)15(20)22-5/h7-8,11H,6H2,1-5H3/b13-8-/t11-/m1/s1. The van der Waals surface area contributed by atoms with Crippen molar-refractivity contribution in [2.24, 2.45) is 0 Å². The van der Waals surface area contributed by atoms with Crippen LogP contribution < -0.4 is 0 Å². The molecule has 1 atom stereocenters. The van der Waals surface area contributed by atoms with Crippen LogP contribution in [0.2, 0.25) is 0 Å². The van der Waals surface area contributed by atoms with Gasteiger partial charge >= 0.3 is 5.97 Å². The molecule has 0 saturated carbocycles. The molecule has 2 rings (SSSR count). The van der Waals surface area contributed by atoms with E-state index in [4.69, 9.17) is 0 Å². The van der Waals surface area contributed by atoms with Gasteiger partial charge in [-0.1, -0.05) is 0 Å². The van der Waals surface area contributed by atoms with Crippen molar-refractivity contribution in [1.29, 1.82) is 0 Å². The van der Waals surface area contributed by atoms with E-state index in [0.717, 1.165) is 40.2 Å². The molecule has 124 valence electrons. The first-order chi connectivity index (χ1) is 10.8. The number of thioether (sulfide) groups is 1. The third-order valence-corrected chi connectivity index (χ3v) is 4.85. The van der Waals surface area contributed by atoms with Crippen molar-refractivity contribution >= 4 is 35.0 Å². The highest BCUT2D eigenvalue weighted by atomic mass is 32.2. The molecule has 0 aromatic carbocycles. The van der Waals surface area contributed by atoms with Crippen molar-refractivity contribution < 1.29 is 19.1 Å². The number of esters is 1. The first kappa shape index (κ1) is 17.3. The van der Waals surface area contributed by atoms with E-state index in [0.29, 0.717) is 4.91 Å². The summed E-state index contributed by atoms with van der Waals surface area (Å²) < 4.78 is 6.74. The summed E-state index contributed by atoms with van der Waals surface area (Å²) in [5, 5.41) is -0.455. The minimum atomic E-state index is -0.929. The van der Waals surface area contributed by atoms with Gasteiger partial charge in [-0.3, -0.25) is 14.5 Å². The Morgan fingerprint density at radius 3 is 2.57 bits per heavy atom. The van der Waals surface area contributed by atoms with Gasteiger partial charge in [-0.25, -0.2) is 4.79 Å². The molecule has 0 bridgehead atoms. The monoisotopic (exact) mass is 336 g/mol. The maximum atomic E-state index is 12.5. The van der Waals surface area contributed by atoms with Crippen LogP contribution in [0.4, 0.5) is 4.79 Å². The molecule has 0 spiro atoms. The fourth-order valence-electron chi connectivity index (χ4n) is 2.69. The van der Waals surface area contributed by atoms with E-state index in [2.05, 4.69) is 16.2 Å². The highest BCUT2D eigenvalue weighted by molar-refractivity contribution is 8.18. The maximum Gasteiger partial charge on any atom is 0.328 e. The van der Waals surface area contributed by atoms with Gasteiger partial charge in [-0.15, -0.1) is 0 Å². The smallest absolute Gasteiger partial charge is 0.328 e. The average Bonchev–Trinajstić information content (AvgIpc) is 2.94. The Bertz CT molecular complexity index is 705. The Morgan fingerprint density at radius 2 is 2.04 bits per heavy atom. The molecule has 0 unspecified atom stereocenters. The van der Waals surface area contributed by atoms with E-state index in [1.54, 1.807) is 6.08 Å². The zero-order valence-corrected chi connectivity index (χ0v) is 14.7. The van der Waals surface area contributed by atoms with Crippen molar-refractivity contribution in [2.75, 3.05) is 7.11 Å². The Morgan fingerprint density at radius 1 is 1.39 bits per heavy atom. The van der Waals surface area contributed by atoms with Crippen LogP contribution in [0.5, 0.6) is 0 Å². The zero-order chi connectivity index (χ0) is 17.3. The topological polar surface area (TPSA) is 68.6 Å². The highest BCUT2D eigenvalue weighted by Gasteiger charge is 2.41. The molecule has 0 radical (unpaired) electrons. The van der Waals surface area contributed by atoms with Crippen LogP contribution in [0.1, 0.15) is 30.8 Å². The number of carbonyl (C=O) groups is 3. The molecule has 1 fully saturated rings. The van der Waals surface area contributed by atoms with Crippen LogP contribution in [0.25, 0.3) is 6.08 Å². The SMILES string of the molecule is CCn1c(C)cc(/C=C2\SC(=O)N([C@H](C)C(=O)OC)C2=O)c1C. The number of hydrogen-bond donors (Lipinski definition) is 0. The lowest BCUT2D eigenvalue weighted by Crippen LogP contribution is -2.42. The number of aryl methyl sites for hydroxylation is 1. The molecular formula is C16H20N2O4S. The summed E-state index contributed by atoms with van der Waals surface area (Å²) in [7, 11) is 1.23. The molecule has 23 heavy (non-hydrogen) atoms. The molecule has 1 aliphatic rings. The number of hydrogen-bond acceptors (Lipinski definition) is 5. The molecule has 1 aromatic rings. The first-order valence-corrected chi connectivity index (χ1v) is 8.15. The van der Waals surface area contributed by atoms with Crippen molar-refractivity contribution in [3.8, 4) is 0 Å². The van der Waals surface area contributed by atoms with Crippen LogP contribution in [-0.4, -0.2) is 39.7 Å². The second-order valence-electron chi connectivity index (χ2n) is 5.32. The number of imide groups is 1. The molecule has 0 aliphatic carbocycles. The van der Waals surface area contributed by atoms with Crippen LogP contribution in [0.15, 0.2) is 11.0 Å². The molecule has 1 aliphatic heterocycles. The van der Waals surface area contributed by atoms with E-state index in [1.165, 1.54) is 14.0 Å². The van der Waals surface area contributed by atoms with Crippen LogP contribution in [0.3, 0.4) is 0 Å². The number of amides is 2. The molecule has 6 nitrogen and oxygen atoms in total. The third-order valence-electron chi connectivity index (χ3n) is 3.97. The minimum Gasteiger partial charge on any atom is -0.467 e. The predicted octanol–water partition coefficient (Wildman–Crippen LogP) is 2.72. The van der Waals surface area contributed by atoms with Crippen molar-refractivity contribution in [1.82, 2.24) is 9.47 Å². The second-order valence-corrected chi connectivity index (χ2v) is 6.31. The van der Waals surface area contributed by atoms with Gasteiger partial charge in [0.15, 0.2) is 0 Å². The molecule has 2 amide bonds. The summed E-state index contributed by atoms with van der Waals surface area (Å²) in [5.41, 5.74) is 3.04. The maximum absolute atomic E-state index is 12.5. The van der Waals surface area contributed by atoms with E-state index < -0.39 is 23.2 Å². The normalized spacial score (nSPS) is 18.0. The molecule has 1 saturated heterocycles. The predicted molar refractivity (Wildman–Crippen MR) is 88.9 cm³/mol. The number of rotatable bonds is 4. The largest absolute Gasteiger partial charge is 0.467 e. The summed E-state index contributed by atoms with van der Waals surface area (Å²) in [4.78, 5) is 37.4. The molecule has 7 heteroatoms. The summed E-state index contributed by atoms with van der Waals surface area (Å²) in [6.45, 7) is 8.35. The number of carbonyl (C=O) groups excluding carboxylic acids is 3. The summed E-state index contributed by atoms with van der Waals surface area (Å²) in [5.74, 6) is -1.07. The van der Waals surface area contributed by atoms with Gasteiger partial charge in [0, 0.05) is 17.9 Å². The summed E-state index contributed by atoms with van der Waals surface area (Å²) in [6.07, 6.45) is 1.71. The van der Waals surface area contributed by atoms with E-state index in [-0.39, 0.29) is 0 Å². The molecule has 1 aromatic heterocycles. The molecule has 2 heterocycles. The van der Waals surface area contributed by atoms with Gasteiger partial charge in [0.25, 0.3) is 11.1 Å². The minimum absolute atomic E-state index is 0.321. The lowest BCUT2D eigenvalue weighted by atomic mass is 10.2. The van der Waals surface area contributed by atoms with Gasteiger partial charge in [0.1, 0.15) is 6.04 Å². The fraction of sp³-hybridized carbons (Fsp3) is 0.438. The quantitative estimate of drug-likeness (QED) is 0.625. The summed E-state index contributed by atoms with van der Waals surface area (Å²) in [6, 6.07) is 1.05. The van der Waals surface area contributed by atoms with Crippen LogP contribution >= 0.6 is 11.8 Å². The molecular weight excluding hydrogens is 316 g/mol. The van der Waals surface area contributed by atoms with Crippen molar-refractivity contribution in [3.05, 3.63) is 27.9 Å². The third kappa shape index (κ3) is 3.06. The number of methoxy groups -OCH3 is 1. The van der Waals surface area contributed by atoms with Crippen molar-refractivity contribution in [3.63, 3.8) is 0 Å². The number of nitrogens with zero attached hydrogens (tertiary/aromatic N) is 2. The van der Waals surface area contributed by atoms with Gasteiger partial charge in [-0.05, 0) is 57.2 Å². The van der Waals surface area contributed by atoms with Gasteiger partial charge in [0.05, 0.1) is 12.0 Å².